The third kappa shape index (κ3) is 10.3. The van der Waals surface area contributed by atoms with Crippen molar-refractivity contribution in [3.63, 3.8) is 0 Å². The van der Waals surface area contributed by atoms with Crippen molar-refractivity contribution in [3.05, 3.63) is 102 Å². The molecule has 0 saturated carbocycles. The van der Waals surface area contributed by atoms with Crippen LogP contribution in [-0.4, -0.2) is 93.5 Å². The van der Waals surface area contributed by atoms with Gasteiger partial charge in [0.1, 0.15) is 12.1 Å². The van der Waals surface area contributed by atoms with Crippen LogP contribution in [0, 0.1) is 0 Å². The van der Waals surface area contributed by atoms with Gasteiger partial charge in [0, 0.05) is 31.1 Å². The molecule has 5 rings (SSSR count). The third-order valence-corrected chi connectivity index (χ3v) is 9.76. The van der Waals surface area contributed by atoms with Crippen LogP contribution in [0.15, 0.2) is 84.9 Å². The zero-order valence-electron chi connectivity index (χ0n) is 27.2. The van der Waals surface area contributed by atoms with Gasteiger partial charge in [0.2, 0.25) is 11.8 Å². The van der Waals surface area contributed by atoms with E-state index in [2.05, 4.69) is 16.0 Å². The molecule has 2 heterocycles. The first-order chi connectivity index (χ1) is 23.8. The van der Waals surface area contributed by atoms with Crippen molar-refractivity contribution in [3.8, 4) is 0 Å². The summed E-state index contributed by atoms with van der Waals surface area (Å²) in [5, 5.41) is 27.2. The van der Waals surface area contributed by atoms with Crippen LogP contribution >= 0.6 is 11.8 Å². The SMILES string of the molecule is O=C(Cc1cccc(NC(=O)[C@@H]2CSC(CCCC(O)O)N2C(=O)[C@H](NC(=O)N2CCOCC2)c2ccccc2)c1)NCc1ccccc1. The molecule has 3 aromatic carbocycles. The van der Waals surface area contributed by atoms with E-state index in [0.717, 1.165) is 5.56 Å². The second-order valence-corrected chi connectivity index (χ2v) is 13.2. The van der Waals surface area contributed by atoms with Crippen molar-refractivity contribution < 1.29 is 34.1 Å². The lowest BCUT2D eigenvalue weighted by Gasteiger charge is -2.34. The number of morpholine rings is 1. The number of nitrogens with zero attached hydrogens (tertiary/aromatic N) is 2. The predicted octanol–water partition coefficient (Wildman–Crippen LogP) is 3.02. The zero-order valence-corrected chi connectivity index (χ0v) is 28.0. The summed E-state index contributed by atoms with van der Waals surface area (Å²) in [6, 6.07) is 23.2. The Hall–Kier alpha value is -4.43. The molecule has 3 atom stereocenters. The number of anilines is 1. The van der Waals surface area contributed by atoms with E-state index in [1.165, 1.54) is 16.7 Å². The molecule has 0 spiro atoms. The van der Waals surface area contributed by atoms with Gasteiger partial charge >= 0.3 is 6.03 Å². The topological polar surface area (TPSA) is 161 Å². The van der Waals surface area contributed by atoms with E-state index in [4.69, 9.17) is 4.74 Å². The summed E-state index contributed by atoms with van der Waals surface area (Å²) in [6.07, 6.45) is -0.395. The van der Waals surface area contributed by atoms with Crippen molar-refractivity contribution in [2.24, 2.45) is 0 Å². The number of urea groups is 1. The lowest BCUT2D eigenvalue weighted by atomic mass is 10.0. The quantitative estimate of drug-likeness (QED) is 0.171. The van der Waals surface area contributed by atoms with Gasteiger partial charge in [-0.3, -0.25) is 14.4 Å². The zero-order chi connectivity index (χ0) is 34.6. The molecule has 5 amide bonds. The number of carbonyl (C=O) groups is 4. The van der Waals surface area contributed by atoms with E-state index in [-0.39, 0.29) is 18.7 Å². The summed E-state index contributed by atoms with van der Waals surface area (Å²) in [5.74, 6) is -0.679. The minimum Gasteiger partial charge on any atom is -0.378 e. The number of aliphatic hydroxyl groups excluding tert-OH is 1. The summed E-state index contributed by atoms with van der Waals surface area (Å²) in [6.45, 7) is 2.01. The van der Waals surface area contributed by atoms with E-state index in [0.29, 0.717) is 68.3 Å². The average molecular weight is 690 g/mol. The summed E-state index contributed by atoms with van der Waals surface area (Å²) < 4.78 is 5.38. The Labute approximate surface area is 290 Å². The maximum Gasteiger partial charge on any atom is 0.318 e. The van der Waals surface area contributed by atoms with Gasteiger partial charge in [0.05, 0.1) is 25.0 Å². The molecule has 0 aromatic heterocycles. The molecule has 3 aromatic rings. The maximum absolute atomic E-state index is 14.5. The Morgan fingerprint density at radius 3 is 2.31 bits per heavy atom. The van der Waals surface area contributed by atoms with Gasteiger partial charge in [-0.25, -0.2) is 4.79 Å². The van der Waals surface area contributed by atoms with Crippen molar-refractivity contribution >= 4 is 41.2 Å². The highest BCUT2D eigenvalue weighted by molar-refractivity contribution is 8.00. The van der Waals surface area contributed by atoms with Gasteiger partial charge < -0.3 is 40.7 Å². The number of hydrogen-bond acceptors (Lipinski definition) is 8. The summed E-state index contributed by atoms with van der Waals surface area (Å²) in [4.78, 5) is 57.5. The van der Waals surface area contributed by atoms with Crippen LogP contribution in [-0.2, 0) is 32.1 Å². The maximum atomic E-state index is 14.5. The minimum absolute atomic E-state index is 0.123. The number of hydrogen-bond donors (Lipinski definition) is 5. The van der Waals surface area contributed by atoms with E-state index in [9.17, 15) is 29.4 Å². The second kappa shape index (κ2) is 17.8. The molecule has 260 valence electrons. The van der Waals surface area contributed by atoms with Crippen LogP contribution in [0.5, 0.6) is 0 Å². The number of thioether (sulfide) groups is 1. The smallest absolute Gasteiger partial charge is 0.318 e. The van der Waals surface area contributed by atoms with Gasteiger partial charge in [-0.05, 0) is 48.1 Å². The van der Waals surface area contributed by atoms with Gasteiger partial charge in [0.25, 0.3) is 5.91 Å². The molecule has 5 N–H and O–H groups in total. The Morgan fingerprint density at radius 2 is 1.59 bits per heavy atom. The Bertz CT molecular complexity index is 1560. The highest BCUT2D eigenvalue weighted by Crippen LogP contribution is 2.36. The molecular weight excluding hydrogens is 646 g/mol. The number of ether oxygens (including phenoxy) is 1. The van der Waals surface area contributed by atoms with Crippen LogP contribution < -0.4 is 16.0 Å². The van der Waals surface area contributed by atoms with E-state index in [1.807, 2.05) is 42.5 Å². The van der Waals surface area contributed by atoms with Gasteiger partial charge in [-0.15, -0.1) is 11.8 Å². The van der Waals surface area contributed by atoms with Crippen LogP contribution in [0.2, 0.25) is 0 Å². The molecular formula is C36H43N5O7S. The van der Waals surface area contributed by atoms with Crippen LogP contribution in [0.4, 0.5) is 10.5 Å². The molecule has 12 nitrogen and oxygen atoms in total. The van der Waals surface area contributed by atoms with Gasteiger partial charge in [-0.1, -0.05) is 72.8 Å². The van der Waals surface area contributed by atoms with Crippen LogP contribution in [0.25, 0.3) is 0 Å². The molecule has 2 saturated heterocycles. The lowest BCUT2D eigenvalue weighted by Crippen LogP contribution is -2.54. The molecule has 2 aliphatic heterocycles. The standard InChI is InChI=1S/C36H43N5O7S/c42-30(37-23-25-9-3-1-4-10-25)22-26-11-7-14-28(21-26)38-34(45)29-24-49-31(15-8-16-32(43)44)41(29)35(46)33(27-12-5-2-6-13-27)39-36(47)40-17-19-48-20-18-40/h1-7,9-14,21,29,31-33,43-44H,8,15-20,22-24H2,(H,37,42)(H,38,45)(H,39,47)/t29-,31?,33+/m0/s1. The van der Waals surface area contributed by atoms with Crippen LogP contribution in [0.1, 0.15) is 42.0 Å². The van der Waals surface area contributed by atoms with Gasteiger partial charge in [0.15, 0.2) is 6.29 Å². The molecule has 49 heavy (non-hydrogen) atoms. The van der Waals surface area contributed by atoms with E-state index in [1.54, 1.807) is 47.4 Å². The summed E-state index contributed by atoms with van der Waals surface area (Å²) >= 11 is 1.44. The Balaban J connectivity index is 1.31. The first-order valence-electron chi connectivity index (χ1n) is 16.5. The summed E-state index contributed by atoms with van der Waals surface area (Å²) in [5.41, 5.74) is 2.77. The average Bonchev–Trinajstić information content (AvgIpc) is 3.54. The molecule has 0 bridgehead atoms. The normalized spacial score (nSPS) is 18.2. The number of carbonyl (C=O) groups excluding carboxylic acids is 4. The van der Waals surface area contributed by atoms with E-state index < -0.39 is 41.6 Å². The number of nitrogens with one attached hydrogen (secondary N) is 3. The highest BCUT2D eigenvalue weighted by Gasteiger charge is 2.44. The minimum atomic E-state index is -1.48. The Kier molecular flexibility index (Phi) is 13.0. The molecule has 0 aliphatic carbocycles. The van der Waals surface area contributed by atoms with Crippen molar-refractivity contribution in [1.82, 2.24) is 20.4 Å². The number of benzene rings is 3. The second-order valence-electron chi connectivity index (χ2n) is 12.0. The fourth-order valence-corrected chi connectivity index (χ4v) is 7.31. The monoisotopic (exact) mass is 689 g/mol. The first kappa shape index (κ1) is 35.9. The van der Waals surface area contributed by atoms with Gasteiger partial charge in [-0.2, -0.15) is 0 Å². The molecule has 1 unspecified atom stereocenters. The number of aliphatic hydroxyl groups is 2. The predicted molar refractivity (Wildman–Crippen MR) is 186 cm³/mol. The van der Waals surface area contributed by atoms with E-state index >= 15 is 0 Å². The van der Waals surface area contributed by atoms with Crippen molar-refractivity contribution in [2.75, 3.05) is 37.4 Å². The third-order valence-electron chi connectivity index (χ3n) is 8.40. The fourth-order valence-electron chi connectivity index (χ4n) is 5.85. The highest BCUT2D eigenvalue weighted by atomic mass is 32.2. The van der Waals surface area contributed by atoms with Crippen LogP contribution in [0.3, 0.4) is 0 Å². The molecule has 13 heteroatoms. The fraction of sp³-hybridized carbons (Fsp3) is 0.389. The molecule has 2 aliphatic rings. The first-order valence-corrected chi connectivity index (χ1v) is 17.5. The number of amides is 5. The largest absolute Gasteiger partial charge is 0.378 e. The molecule has 2 fully saturated rings. The van der Waals surface area contributed by atoms with Crippen molar-refractivity contribution in [2.45, 2.75) is 56.0 Å². The Morgan fingerprint density at radius 1 is 0.898 bits per heavy atom. The summed E-state index contributed by atoms with van der Waals surface area (Å²) in [7, 11) is 0. The van der Waals surface area contributed by atoms with Crippen molar-refractivity contribution in [1.29, 1.82) is 0 Å². The lowest BCUT2D eigenvalue weighted by molar-refractivity contribution is -0.140. The molecule has 0 radical (unpaired) electrons. The number of rotatable bonds is 13.